The molecule has 1 heterocycles. The number of benzene rings is 2. The second kappa shape index (κ2) is 6.69. The molecule has 0 aliphatic heterocycles. The highest BCUT2D eigenvalue weighted by atomic mass is 16.2. The number of hydrogen-bond donors (Lipinski definition) is 2. The standard InChI is InChI=1S/C23H25N3O/c1-23(2,3)17-10-8-15(9-11-17)19-12-20(19)22(27)26-25-14-16-13-24-21-7-5-4-6-18(16)21/h4-11,13-14,19-20,24H,12H2,1-3H3,(H,26,27)/b25-14-/t19-,20-/m1/s1. The Kier molecular flexibility index (Phi) is 4.34. The van der Waals surface area contributed by atoms with Gasteiger partial charge < -0.3 is 4.98 Å². The van der Waals surface area contributed by atoms with Gasteiger partial charge in [-0.3, -0.25) is 4.79 Å². The van der Waals surface area contributed by atoms with Crippen LogP contribution in [0, 0.1) is 5.92 Å². The molecule has 2 atom stereocenters. The van der Waals surface area contributed by atoms with E-state index in [-0.39, 0.29) is 17.2 Å². The van der Waals surface area contributed by atoms with Crippen LogP contribution in [-0.2, 0) is 10.2 Å². The lowest BCUT2D eigenvalue weighted by Gasteiger charge is -2.19. The average molecular weight is 359 g/mol. The zero-order valence-corrected chi connectivity index (χ0v) is 16.0. The number of H-pyrrole nitrogens is 1. The van der Waals surface area contributed by atoms with Gasteiger partial charge in [-0.2, -0.15) is 5.10 Å². The predicted octanol–water partition coefficient (Wildman–Crippen LogP) is 4.72. The van der Waals surface area contributed by atoms with E-state index in [0.717, 1.165) is 22.9 Å². The van der Waals surface area contributed by atoms with Gasteiger partial charge in [0.2, 0.25) is 5.91 Å². The van der Waals surface area contributed by atoms with Crippen LogP contribution in [0.15, 0.2) is 59.8 Å². The minimum Gasteiger partial charge on any atom is -0.361 e. The number of rotatable bonds is 4. The van der Waals surface area contributed by atoms with Crippen molar-refractivity contribution in [2.75, 3.05) is 0 Å². The molecule has 27 heavy (non-hydrogen) atoms. The van der Waals surface area contributed by atoms with Crippen molar-refractivity contribution in [1.29, 1.82) is 0 Å². The lowest BCUT2D eigenvalue weighted by Crippen LogP contribution is -2.20. The summed E-state index contributed by atoms with van der Waals surface area (Å²) in [6.45, 7) is 6.63. The number of carbonyl (C=O) groups excluding carboxylic acids is 1. The first kappa shape index (κ1) is 17.5. The Labute approximate surface area is 159 Å². The molecule has 0 saturated heterocycles. The maximum Gasteiger partial charge on any atom is 0.243 e. The Morgan fingerprint density at radius 3 is 2.63 bits per heavy atom. The molecule has 138 valence electrons. The number of nitrogens with one attached hydrogen (secondary N) is 2. The summed E-state index contributed by atoms with van der Waals surface area (Å²) >= 11 is 0. The van der Waals surface area contributed by atoms with Crippen molar-refractivity contribution in [3.63, 3.8) is 0 Å². The molecule has 1 aliphatic carbocycles. The summed E-state index contributed by atoms with van der Waals surface area (Å²) in [5, 5.41) is 5.25. The first-order valence-electron chi connectivity index (χ1n) is 9.43. The summed E-state index contributed by atoms with van der Waals surface area (Å²) in [4.78, 5) is 15.6. The van der Waals surface area contributed by atoms with Crippen molar-refractivity contribution in [3.05, 3.63) is 71.4 Å². The van der Waals surface area contributed by atoms with Crippen LogP contribution in [0.2, 0.25) is 0 Å². The topological polar surface area (TPSA) is 57.2 Å². The van der Waals surface area contributed by atoms with Gasteiger partial charge in [0.1, 0.15) is 0 Å². The second-order valence-electron chi connectivity index (χ2n) is 8.34. The quantitative estimate of drug-likeness (QED) is 0.514. The minimum atomic E-state index is -0.00371. The summed E-state index contributed by atoms with van der Waals surface area (Å²) in [7, 11) is 0. The smallest absolute Gasteiger partial charge is 0.243 e. The van der Waals surface area contributed by atoms with E-state index in [1.54, 1.807) is 6.21 Å². The van der Waals surface area contributed by atoms with E-state index in [4.69, 9.17) is 0 Å². The van der Waals surface area contributed by atoms with Crippen molar-refractivity contribution in [2.24, 2.45) is 11.0 Å². The highest BCUT2D eigenvalue weighted by molar-refractivity contribution is 5.99. The van der Waals surface area contributed by atoms with E-state index in [9.17, 15) is 4.79 Å². The molecule has 1 saturated carbocycles. The van der Waals surface area contributed by atoms with E-state index in [1.807, 2.05) is 30.5 Å². The third kappa shape index (κ3) is 3.65. The van der Waals surface area contributed by atoms with Crippen molar-refractivity contribution in [1.82, 2.24) is 10.4 Å². The van der Waals surface area contributed by atoms with Gasteiger partial charge in [-0.05, 0) is 34.9 Å². The highest BCUT2D eigenvalue weighted by Gasteiger charge is 2.44. The summed E-state index contributed by atoms with van der Waals surface area (Å²) in [5.41, 5.74) is 7.43. The van der Waals surface area contributed by atoms with Gasteiger partial charge in [0, 0.05) is 28.6 Å². The van der Waals surface area contributed by atoms with E-state index in [1.165, 1.54) is 11.1 Å². The third-order valence-corrected chi connectivity index (χ3v) is 5.33. The fraction of sp³-hybridized carbons (Fsp3) is 0.304. The molecule has 2 aromatic carbocycles. The van der Waals surface area contributed by atoms with Gasteiger partial charge in [-0.1, -0.05) is 63.2 Å². The van der Waals surface area contributed by atoms with Gasteiger partial charge in [0.25, 0.3) is 0 Å². The van der Waals surface area contributed by atoms with E-state index >= 15 is 0 Å². The SMILES string of the molecule is CC(C)(C)c1ccc([C@H]2C[C@H]2C(=O)N/N=C\c2c[nH]c3ccccc23)cc1. The second-order valence-corrected chi connectivity index (χ2v) is 8.34. The van der Waals surface area contributed by atoms with E-state index in [2.05, 4.69) is 60.5 Å². The molecule has 0 spiro atoms. The maximum atomic E-state index is 12.4. The zero-order chi connectivity index (χ0) is 19.0. The molecule has 0 unspecified atom stereocenters. The molecule has 3 aromatic rings. The zero-order valence-electron chi connectivity index (χ0n) is 16.0. The Morgan fingerprint density at radius 2 is 1.89 bits per heavy atom. The molecular weight excluding hydrogens is 334 g/mol. The predicted molar refractivity (Wildman–Crippen MR) is 110 cm³/mol. The molecule has 0 radical (unpaired) electrons. The number of nitrogens with zero attached hydrogens (tertiary/aromatic N) is 1. The first-order valence-corrected chi connectivity index (χ1v) is 9.43. The number of fused-ring (bicyclic) bond motifs is 1. The Hall–Kier alpha value is -2.88. The molecule has 1 amide bonds. The fourth-order valence-corrected chi connectivity index (χ4v) is 3.53. The molecule has 4 heteroatoms. The van der Waals surface area contributed by atoms with Gasteiger partial charge in [-0.15, -0.1) is 0 Å². The van der Waals surface area contributed by atoms with Crippen LogP contribution in [0.25, 0.3) is 10.9 Å². The van der Waals surface area contributed by atoms with E-state index < -0.39 is 0 Å². The summed E-state index contributed by atoms with van der Waals surface area (Å²) in [5.74, 6) is 0.323. The minimum absolute atomic E-state index is 0.00371. The maximum absolute atomic E-state index is 12.4. The molecule has 1 aromatic heterocycles. The van der Waals surface area contributed by atoms with Gasteiger partial charge in [0.05, 0.1) is 6.21 Å². The Balaban J connectivity index is 1.36. The highest BCUT2D eigenvalue weighted by Crippen LogP contribution is 2.47. The molecule has 1 fully saturated rings. The van der Waals surface area contributed by atoms with Gasteiger partial charge >= 0.3 is 0 Å². The number of carbonyl (C=O) groups is 1. The van der Waals surface area contributed by atoms with Crippen LogP contribution in [-0.4, -0.2) is 17.1 Å². The molecule has 1 aliphatic rings. The average Bonchev–Trinajstić information content (AvgIpc) is 3.36. The van der Waals surface area contributed by atoms with Crippen LogP contribution >= 0.6 is 0 Å². The van der Waals surface area contributed by atoms with Crippen molar-refractivity contribution in [3.8, 4) is 0 Å². The number of hydrogen-bond acceptors (Lipinski definition) is 2. The number of para-hydroxylation sites is 1. The molecule has 4 rings (SSSR count). The lowest BCUT2D eigenvalue weighted by atomic mass is 9.86. The monoisotopic (exact) mass is 359 g/mol. The van der Waals surface area contributed by atoms with Crippen molar-refractivity contribution >= 4 is 23.0 Å². The molecular formula is C23H25N3O. The Bertz CT molecular complexity index is 992. The van der Waals surface area contributed by atoms with Crippen LogP contribution in [0.1, 0.15) is 49.8 Å². The molecule has 2 N–H and O–H groups in total. The van der Waals surface area contributed by atoms with E-state index in [0.29, 0.717) is 5.92 Å². The van der Waals surface area contributed by atoms with Crippen LogP contribution in [0.4, 0.5) is 0 Å². The summed E-state index contributed by atoms with van der Waals surface area (Å²) < 4.78 is 0. The lowest BCUT2D eigenvalue weighted by molar-refractivity contribution is -0.122. The Morgan fingerprint density at radius 1 is 1.15 bits per heavy atom. The van der Waals surface area contributed by atoms with Crippen molar-refractivity contribution < 1.29 is 4.79 Å². The van der Waals surface area contributed by atoms with Crippen molar-refractivity contribution in [2.45, 2.75) is 38.5 Å². The molecule has 4 nitrogen and oxygen atoms in total. The van der Waals surface area contributed by atoms with Crippen LogP contribution in [0.5, 0.6) is 0 Å². The summed E-state index contributed by atoms with van der Waals surface area (Å²) in [6.07, 6.45) is 4.49. The summed E-state index contributed by atoms with van der Waals surface area (Å²) in [6, 6.07) is 16.7. The van der Waals surface area contributed by atoms with Gasteiger partial charge in [-0.25, -0.2) is 5.43 Å². The number of hydrazone groups is 1. The largest absolute Gasteiger partial charge is 0.361 e. The van der Waals surface area contributed by atoms with Gasteiger partial charge in [0.15, 0.2) is 0 Å². The fourth-order valence-electron chi connectivity index (χ4n) is 3.53. The first-order chi connectivity index (χ1) is 12.9. The number of amides is 1. The van der Waals surface area contributed by atoms with Crippen LogP contribution < -0.4 is 5.43 Å². The number of aromatic nitrogens is 1. The molecule has 0 bridgehead atoms. The third-order valence-electron chi connectivity index (χ3n) is 5.33. The normalized spacial score (nSPS) is 19.5. The number of aromatic amines is 1. The van der Waals surface area contributed by atoms with Crippen LogP contribution in [0.3, 0.4) is 0 Å².